The molecular formula is C21H23ClFN9O6. The Morgan fingerprint density at radius 3 is 2.58 bits per heavy atom. The Labute approximate surface area is 219 Å². The van der Waals surface area contributed by atoms with Crippen LogP contribution in [0.25, 0.3) is 11.4 Å². The van der Waals surface area contributed by atoms with E-state index in [0.717, 1.165) is 0 Å². The molecule has 15 nitrogen and oxygen atoms in total. The van der Waals surface area contributed by atoms with Crippen LogP contribution in [0, 0.1) is 0 Å². The first-order chi connectivity index (χ1) is 18.1. The highest BCUT2D eigenvalue weighted by molar-refractivity contribution is 6.28. The number of carboxylic acid groups (broad SMARTS) is 2. The molecule has 1 aromatic carbocycles. The van der Waals surface area contributed by atoms with Gasteiger partial charge in [0.1, 0.15) is 5.69 Å². The second kappa shape index (κ2) is 11.1. The lowest BCUT2D eigenvalue weighted by Crippen LogP contribution is -2.52. The summed E-state index contributed by atoms with van der Waals surface area (Å²) in [6, 6.07) is 6.23. The van der Waals surface area contributed by atoms with Crippen LogP contribution < -0.4 is 16.0 Å². The number of benzene rings is 1. The highest BCUT2D eigenvalue weighted by atomic mass is 35.5. The number of hydrogen-bond acceptors (Lipinski definition) is 12. The van der Waals surface area contributed by atoms with E-state index in [9.17, 15) is 19.8 Å². The summed E-state index contributed by atoms with van der Waals surface area (Å²) in [5.41, 5.74) is 4.40. The second-order valence-electron chi connectivity index (χ2n) is 8.27. The highest BCUT2D eigenvalue weighted by Gasteiger charge is 2.49. The molecule has 2 unspecified atom stereocenters. The van der Waals surface area contributed by atoms with Crippen molar-refractivity contribution >= 4 is 40.9 Å². The molecule has 6 N–H and O–H groups in total. The van der Waals surface area contributed by atoms with Gasteiger partial charge in [-0.05, 0) is 22.4 Å². The summed E-state index contributed by atoms with van der Waals surface area (Å²) in [7, 11) is 1.27. The van der Waals surface area contributed by atoms with Crippen molar-refractivity contribution in [2.24, 2.45) is 0 Å². The summed E-state index contributed by atoms with van der Waals surface area (Å²) in [6.07, 6.45) is -3.53. The van der Waals surface area contributed by atoms with Gasteiger partial charge in [-0.2, -0.15) is 15.2 Å². The fourth-order valence-electron chi connectivity index (χ4n) is 3.86. The number of alkyl halides is 1. The third-order valence-corrected chi connectivity index (χ3v) is 6.10. The molecular weight excluding hydrogens is 529 g/mol. The van der Waals surface area contributed by atoms with Gasteiger partial charge in [-0.3, -0.25) is 0 Å². The van der Waals surface area contributed by atoms with E-state index < -0.39 is 43.0 Å². The third kappa shape index (κ3) is 5.41. The highest BCUT2D eigenvalue weighted by Crippen LogP contribution is 2.36. The molecule has 202 valence electrons. The van der Waals surface area contributed by atoms with Crippen molar-refractivity contribution in [1.29, 1.82) is 0 Å². The van der Waals surface area contributed by atoms with Gasteiger partial charge in [0.25, 0.3) is 5.60 Å². The molecule has 0 aliphatic carbocycles. The molecule has 17 heteroatoms. The number of nitrogens with zero attached hydrogens (tertiary/aromatic N) is 6. The average Bonchev–Trinajstić information content (AvgIpc) is 3.56. The first-order valence-electron chi connectivity index (χ1n) is 11.1. The maximum absolute atomic E-state index is 15.3. The number of methoxy groups -OCH3 is 1. The molecule has 2 aromatic heterocycles. The van der Waals surface area contributed by atoms with E-state index in [4.69, 9.17) is 26.8 Å². The van der Waals surface area contributed by atoms with Crippen molar-refractivity contribution in [1.82, 2.24) is 30.6 Å². The molecule has 0 saturated heterocycles. The summed E-state index contributed by atoms with van der Waals surface area (Å²) in [4.78, 5) is 33.3. The first kappa shape index (κ1) is 26.9. The van der Waals surface area contributed by atoms with Crippen LogP contribution in [0.4, 0.5) is 21.7 Å². The number of halogens is 2. The van der Waals surface area contributed by atoms with Gasteiger partial charge in [0.05, 0.1) is 19.4 Å². The van der Waals surface area contributed by atoms with Crippen LogP contribution in [0.5, 0.6) is 0 Å². The molecule has 4 rings (SSSR count). The minimum absolute atomic E-state index is 0.0149. The second-order valence-corrected chi connectivity index (χ2v) is 8.60. The zero-order valence-electron chi connectivity index (χ0n) is 19.8. The van der Waals surface area contributed by atoms with Gasteiger partial charge in [-0.1, -0.05) is 24.3 Å². The molecule has 0 amide bonds. The molecule has 38 heavy (non-hydrogen) atoms. The van der Waals surface area contributed by atoms with Crippen molar-refractivity contribution in [3.05, 3.63) is 35.1 Å². The number of rotatable bonds is 12. The molecule has 0 fully saturated rings. The third-order valence-electron chi connectivity index (χ3n) is 5.93. The molecule has 0 saturated carbocycles. The fourth-order valence-corrected chi connectivity index (χ4v) is 4.03. The quantitative estimate of drug-likeness (QED) is 0.120. The van der Waals surface area contributed by atoms with Gasteiger partial charge in [0.15, 0.2) is 17.9 Å². The number of carbonyl (C=O) groups is 2. The smallest absolute Gasteiger partial charge is 0.348 e. The number of aliphatic carboxylic acids is 2. The van der Waals surface area contributed by atoms with Crippen molar-refractivity contribution in [3.63, 3.8) is 0 Å². The van der Waals surface area contributed by atoms with Gasteiger partial charge in [-0.15, -0.1) is 10.2 Å². The lowest BCUT2D eigenvalue weighted by molar-refractivity contribution is -0.187. The van der Waals surface area contributed by atoms with Crippen molar-refractivity contribution < 1.29 is 33.7 Å². The van der Waals surface area contributed by atoms with Crippen LogP contribution in [0.15, 0.2) is 24.3 Å². The van der Waals surface area contributed by atoms with Crippen molar-refractivity contribution in [2.75, 3.05) is 36.3 Å². The molecule has 2 atom stereocenters. The number of carboxylic acids is 2. The maximum atomic E-state index is 15.3. The Morgan fingerprint density at radius 1 is 1.26 bits per heavy atom. The summed E-state index contributed by atoms with van der Waals surface area (Å²) in [5, 5.41) is 35.9. The molecule has 1 aliphatic heterocycles. The zero-order chi connectivity index (χ0) is 27.4. The van der Waals surface area contributed by atoms with Crippen molar-refractivity contribution in [3.8, 4) is 11.4 Å². The SMILES string of the molecule is COC(COC(Cc1ccc(-c2nn[nH]n2)cc1)(C(=O)O)C(=O)O)CC(F)N1CNc2c(N)nc(Cl)nc21. The monoisotopic (exact) mass is 551 g/mol. The minimum Gasteiger partial charge on any atom is -0.479 e. The number of aromatic nitrogens is 6. The number of aromatic amines is 1. The summed E-state index contributed by atoms with van der Waals surface area (Å²) in [6.45, 7) is -0.516. The Morgan fingerprint density at radius 2 is 1.97 bits per heavy atom. The van der Waals surface area contributed by atoms with Crippen LogP contribution in [0.1, 0.15) is 12.0 Å². The number of nitrogens with one attached hydrogen (secondary N) is 2. The molecule has 1 aliphatic rings. The molecule has 0 spiro atoms. The first-order valence-corrected chi connectivity index (χ1v) is 11.5. The summed E-state index contributed by atoms with van der Waals surface area (Å²) >= 11 is 5.85. The number of nitrogen functional groups attached to an aromatic ring is 1. The zero-order valence-corrected chi connectivity index (χ0v) is 20.6. The fraction of sp³-hybridized carbons (Fsp3) is 0.381. The lowest BCUT2D eigenvalue weighted by Gasteiger charge is -2.29. The van der Waals surface area contributed by atoms with E-state index in [1.165, 1.54) is 24.1 Å². The maximum Gasteiger partial charge on any atom is 0.348 e. The number of fused-ring (bicyclic) bond motifs is 1. The van der Waals surface area contributed by atoms with Crippen LogP contribution in [0.3, 0.4) is 0 Å². The number of hydrogen-bond donors (Lipinski definition) is 5. The van der Waals surface area contributed by atoms with Crippen LogP contribution in [-0.4, -0.2) is 91.1 Å². The van der Waals surface area contributed by atoms with Gasteiger partial charge < -0.3 is 35.6 Å². The van der Waals surface area contributed by atoms with Crippen LogP contribution in [-0.2, 0) is 25.5 Å². The lowest BCUT2D eigenvalue weighted by atomic mass is 9.93. The summed E-state index contributed by atoms with van der Waals surface area (Å²) < 4.78 is 26.0. The van der Waals surface area contributed by atoms with Gasteiger partial charge in [0, 0.05) is 25.5 Å². The van der Waals surface area contributed by atoms with Crippen LogP contribution in [0.2, 0.25) is 5.28 Å². The largest absolute Gasteiger partial charge is 0.479 e. The molecule has 0 bridgehead atoms. The van der Waals surface area contributed by atoms with Gasteiger partial charge in [-0.25, -0.2) is 14.0 Å². The number of ether oxygens (including phenoxy) is 2. The van der Waals surface area contributed by atoms with E-state index in [2.05, 4.69) is 35.9 Å². The predicted octanol–water partition coefficient (Wildman–Crippen LogP) is 0.950. The van der Waals surface area contributed by atoms with Gasteiger partial charge >= 0.3 is 11.9 Å². The van der Waals surface area contributed by atoms with E-state index in [-0.39, 0.29) is 30.0 Å². The van der Waals surface area contributed by atoms with E-state index in [1.807, 2.05) is 0 Å². The number of tetrazole rings is 1. The van der Waals surface area contributed by atoms with Crippen molar-refractivity contribution in [2.45, 2.75) is 30.8 Å². The Bertz CT molecular complexity index is 1280. The Kier molecular flexibility index (Phi) is 7.84. The average molecular weight is 552 g/mol. The number of anilines is 3. The predicted molar refractivity (Wildman–Crippen MR) is 130 cm³/mol. The molecule has 0 radical (unpaired) electrons. The normalized spacial score (nSPS) is 14.6. The van der Waals surface area contributed by atoms with E-state index >= 15 is 4.39 Å². The van der Waals surface area contributed by atoms with E-state index in [1.54, 1.807) is 12.1 Å². The standard InChI is InChI=1S/C21H23ClFN9O6/c1-37-12(6-13(23)32-9-25-14-15(24)26-20(22)27-17(14)32)8-38-21(18(33)34,19(35)36)7-10-2-4-11(5-3-10)16-28-30-31-29-16/h2-5,12-13,25H,6-9H2,1H3,(H,33,34)(H,35,36)(H2,24,26,27)(H,28,29,30,31). The summed E-state index contributed by atoms with van der Waals surface area (Å²) in [5.74, 6) is -2.93. The molecule has 3 heterocycles. The Balaban J connectivity index is 1.46. The number of H-pyrrole nitrogens is 1. The minimum atomic E-state index is -2.66. The number of nitrogens with two attached hydrogens (primary N) is 1. The topological polar surface area (TPSA) is 215 Å². The van der Waals surface area contributed by atoms with Crippen LogP contribution >= 0.6 is 11.6 Å². The van der Waals surface area contributed by atoms with E-state index in [0.29, 0.717) is 22.6 Å². The molecule has 3 aromatic rings. The van der Waals surface area contributed by atoms with Gasteiger partial charge in [0.2, 0.25) is 11.1 Å². The Hall–Kier alpha value is -4.15.